The molecule has 4 aliphatic rings. The number of nitrogens with one attached hydrogen (secondary N) is 1. The van der Waals surface area contributed by atoms with Crippen LogP contribution in [0.2, 0.25) is 0 Å². The third-order valence-electron chi connectivity index (χ3n) is 14.9. The van der Waals surface area contributed by atoms with Crippen molar-refractivity contribution in [1.29, 1.82) is 0 Å². The van der Waals surface area contributed by atoms with Crippen LogP contribution < -0.4 is 5.32 Å². The first-order valence-corrected chi connectivity index (χ1v) is 24.0. The van der Waals surface area contributed by atoms with Crippen LogP contribution in [-0.2, 0) is 16.0 Å². The first-order valence-electron chi connectivity index (χ1n) is 21.5. The van der Waals surface area contributed by atoms with Gasteiger partial charge >= 0.3 is 5.97 Å². The number of allylic oxidation sites excluding steroid dienone is 1. The number of hydrogen-bond acceptors (Lipinski definition) is 6. The maximum atomic E-state index is 14.1. The maximum Gasteiger partial charge on any atom is 0.329 e. The molecule has 1 N–H and O–H groups in total. The molecule has 4 aromatic rings. The lowest BCUT2D eigenvalue weighted by Gasteiger charge is -2.58. The molecule has 9 atom stereocenters. The van der Waals surface area contributed by atoms with E-state index < -0.39 is 6.04 Å². The SMILES string of the molecule is CC(C)CCC[C@@H](C)[C@H]1CC[C@H]2[C@@H]3CC=C4C[C@@H](OC(=O)[C@@H](Cc5ccccc5)NC(=O)c5ccc(-c6ccc(-c7cccs7)s6)s5)CC[C@]4(C)[C@H]3CC[C@]12C. The van der Waals surface area contributed by atoms with E-state index in [-0.39, 0.29) is 23.4 Å². The zero-order valence-electron chi connectivity index (χ0n) is 34.1. The van der Waals surface area contributed by atoms with E-state index in [9.17, 15) is 9.59 Å². The molecule has 56 heavy (non-hydrogen) atoms. The van der Waals surface area contributed by atoms with Gasteiger partial charge < -0.3 is 10.1 Å². The Morgan fingerprint density at radius 2 is 1.59 bits per heavy atom. The van der Waals surface area contributed by atoms with Gasteiger partial charge in [-0.05, 0) is 133 Å². The lowest BCUT2D eigenvalue weighted by Crippen LogP contribution is -2.51. The predicted molar refractivity (Wildman–Crippen MR) is 235 cm³/mol. The topological polar surface area (TPSA) is 55.4 Å². The Kier molecular flexibility index (Phi) is 11.9. The number of carbonyl (C=O) groups is 2. The van der Waals surface area contributed by atoms with Crippen molar-refractivity contribution in [1.82, 2.24) is 5.32 Å². The molecular formula is C49H61NO3S3. The molecule has 3 aromatic heterocycles. The lowest BCUT2D eigenvalue weighted by atomic mass is 9.47. The Bertz CT molecular complexity index is 1990. The number of rotatable bonds is 13. The first-order chi connectivity index (χ1) is 27.0. The predicted octanol–water partition coefficient (Wildman–Crippen LogP) is 13.5. The minimum absolute atomic E-state index is 0.158. The van der Waals surface area contributed by atoms with Crippen molar-refractivity contribution in [3.63, 3.8) is 0 Å². The summed E-state index contributed by atoms with van der Waals surface area (Å²) in [6.07, 6.45) is 16.4. The van der Waals surface area contributed by atoms with Gasteiger partial charge in [0.05, 0.1) is 4.88 Å². The number of amides is 1. The molecule has 4 nitrogen and oxygen atoms in total. The summed E-state index contributed by atoms with van der Waals surface area (Å²) in [6.45, 7) is 12.5. The van der Waals surface area contributed by atoms with E-state index in [2.05, 4.69) is 75.7 Å². The highest BCUT2D eigenvalue weighted by Gasteiger charge is 2.59. The second-order valence-corrected chi connectivity index (χ2v) is 21.7. The Balaban J connectivity index is 0.922. The van der Waals surface area contributed by atoms with Crippen LogP contribution in [0.25, 0.3) is 19.5 Å². The van der Waals surface area contributed by atoms with E-state index >= 15 is 0 Å². The molecule has 298 valence electrons. The van der Waals surface area contributed by atoms with Gasteiger partial charge in [0.15, 0.2) is 0 Å². The van der Waals surface area contributed by atoms with Gasteiger partial charge in [0.2, 0.25) is 0 Å². The largest absolute Gasteiger partial charge is 0.461 e. The molecule has 3 fully saturated rings. The Labute approximate surface area is 347 Å². The fraction of sp³-hybridized carbons (Fsp3) is 0.551. The monoisotopic (exact) mass is 807 g/mol. The molecular weight excluding hydrogens is 747 g/mol. The molecule has 7 heteroatoms. The molecule has 3 saturated carbocycles. The molecule has 0 saturated heterocycles. The highest BCUT2D eigenvalue weighted by atomic mass is 32.1. The van der Waals surface area contributed by atoms with E-state index in [0.29, 0.717) is 16.7 Å². The summed E-state index contributed by atoms with van der Waals surface area (Å²) < 4.78 is 6.39. The minimum Gasteiger partial charge on any atom is -0.461 e. The summed E-state index contributed by atoms with van der Waals surface area (Å²) in [5.74, 6) is 4.28. The van der Waals surface area contributed by atoms with E-state index in [0.717, 1.165) is 70.1 Å². The van der Waals surface area contributed by atoms with Gasteiger partial charge in [0.25, 0.3) is 5.91 Å². The van der Waals surface area contributed by atoms with Gasteiger partial charge in [-0.1, -0.05) is 102 Å². The molecule has 4 aliphatic carbocycles. The van der Waals surface area contributed by atoms with Crippen molar-refractivity contribution >= 4 is 45.9 Å². The number of esters is 1. The lowest BCUT2D eigenvalue weighted by molar-refractivity contribution is -0.153. The Morgan fingerprint density at radius 3 is 2.36 bits per heavy atom. The highest BCUT2D eigenvalue weighted by molar-refractivity contribution is 7.26. The van der Waals surface area contributed by atoms with Crippen LogP contribution in [0.5, 0.6) is 0 Å². The zero-order valence-corrected chi connectivity index (χ0v) is 36.5. The number of hydrogen-bond donors (Lipinski definition) is 1. The molecule has 1 aromatic carbocycles. The second kappa shape index (κ2) is 16.7. The van der Waals surface area contributed by atoms with Gasteiger partial charge in [0.1, 0.15) is 12.1 Å². The Hall–Kier alpha value is -3.00. The van der Waals surface area contributed by atoms with E-state index in [4.69, 9.17) is 4.74 Å². The molecule has 0 aliphatic heterocycles. The van der Waals surface area contributed by atoms with Crippen LogP contribution in [0.3, 0.4) is 0 Å². The molecule has 1 amide bonds. The van der Waals surface area contributed by atoms with Gasteiger partial charge in [-0.15, -0.1) is 34.0 Å². The quantitative estimate of drug-likeness (QED) is 0.108. The first kappa shape index (κ1) is 39.8. The molecule has 3 heterocycles. The number of benzene rings is 1. The van der Waals surface area contributed by atoms with Crippen molar-refractivity contribution in [2.75, 3.05) is 0 Å². The molecule has 0 radical (unpaired) electrons. The van der Waals surface area contributed by atoms with Crippen molar-refractivity contribution in [2.45, 2.75) is 124 Å². The Morgan fingerprint density at radius 1 is 0.821 bits per heavy atom. The zero-order chi connectivity index (χ0) is 39.0. The molecule has 8 rings (SSSR count). The van der Waals surface area contributed by atoms with Gasteiger partial charge in [-0.25, -0.2) is 4.79 Å². The highest BCUT2D eigenvalue weighted by Crippen LogP contribution is 2.67. The van der Waals surface area contributed by atoms with Crippen LogP contribution in [0.15, 0.2) is 83.8 Å². The summed E-state index contributed by atoms with van der Waals surface area (Å²) in [7, 11) is 0. The van der Waals surface area contributed by atoms with Crippen molar-refractivity contribution < 1.29 is 14.3 Å². The van der Waals surface area contributed by atoms with E-state index in [1.165, 1.54) is 78.0 Å². The summed E-state index contributed by atoms with van der Waals surface area (Å²) in [6, 6.07) is 21.6. The van der Waals surface area contributed by atoms with Crippen LogP contribution >= 0.6 is 34.0 Å². The van der Waals surface area contributed by atoms with Gasteiger partial charge in [0, 0.05) is 32.4 Å². The van der Waals surface area contributed by atoms with Crippen LogP contribution in [0, 0.1) is 46.3 Å². The average Bonchev–Trinajstić information content (AvgIpc) is 4.01. The van der Waals surface area contributed by atoms with E-state index in [1.54, 1.807) is 22.7 Å². The normalized spacial score (nSPS) is 29.5. The summed E-state index contributed by atoms with van der Waals surface area (Å²) in [5.41, 5.74) is 3.19. The van der Waals surface area contributed by atoms with E-state index in [1.807, 2.05) is 42.5 Å². The van der Waals surface area contributed by atoms with Crippen LogP contribution in [0.4, 0.5) is 0 Å². The molecule has 0 bridgehead atoms. The van der Waals surface area contributed by atoms with Crippen molar-refractivity contribution in [3.8, 4) is 19.5 Å². The van der Waals surface area contributed by atoms with Crippen molar-refractivity contribution in [2.24, 2.45) is 46.3 Å². The van der Waals surface area contributed by atoms with Crippen LogP contribution in [-0.4, -0.2) is 24.0 Å². The maximum absolute atomic E-state index is 14.1. The summed E-state index contributed by atoms with van der Waals surface area (Å²) in [5, 5.41) is 5.20. The molecule has 0 spiro atoms. The fourth-order valence-electron chi connectivity index (χ4n) is 11.9. The fourth-order valence-corrected chi connectivity index (χ4v) is 14.7. The third kappa shape index (κ3) is 8.03. The van der Waals surface area contributed by atoms with Crippen LogP contribution in [0.1, 0.15) is 120 Å². The third-order valence-corrected chi connectivity index (χ3v) is 18.3. The number of fused-ring (bicyclic) bond motifs is 5. The number of ether oxygens (including phenoxy) is 1. The number of thiophene rings is 3. The summed E-state index contributed by atoms with van der Waals surface area (Å²) in [4.78, 5) is 33.1. The van der Waals surface area contributed by atoms with Crippen molar-refractivity contribution in [3.05, 3.63) is 94.2 Å². The summed E-state index contributed by atoms with van der Waals surface area (Å²) >= 11 is 4.95. The second-order valence-electron chi connectivity index (χ2n) is 18.6. The van der Waals surface area contributed by atoms with Gasteiger partial charge in [-0.3, -0.25) is 4.79 Å². The minimum atomic E-state index is -0.764. The number of carbonyl (C=O) groups excluding carboxylic acids is 2. The average molecular weight is 808 g/mol. The van der Waals surface area contributed by atoms with Gasteiger partial charge in [-0.2, -0.15) is 0 Å². The molecule has 0 unspecified atom stereocenters. The standard InChI is InChI=1S/C49H61NO3S3/c1-31(2)11-9-12-32(3)37-18-19-38-36-17-16-34-30-35(24-26-48(34,4)39(36)25-27-49(37,38)5)53-47(52)40(29-33-13-7-6-8-14-33)50-46(51)45-23-22-44(56-45)43-21-20-42(55-43)41-15-10-28-54-41/h6-8,10,13-16,20-23,28,31-32,35-40H,9,11-12,17-19,24-27,29-30H2,1-5H3,(H,50,51)/t32-,35+,36+,37-,38+,39+,40-,48+,49-/m1/s1. The smallest absolute Gasteiger partial charge is 0.329 e.